The zero-order valence-corrected chi connectivity index (χ0v) is 20.9. The lowest BCUT2D eigenvalue weighted by molar-refractivity contribution is -0.274. The minimum atomic E-state index is -4.75. The minimum absolute atomic E-state index is 0.0866. The number of halogens is 3. The van der Waals surface area contributed by atoms with Crippen LogP contribution in [0.1, 0.15) is 21.5 Å². The molecule has 3 aromatic carbocycles. The third-order valence-electron chi connectivity index (χ3n) is 6.83. The van der Waals surface area contributed by atoms with E-state index in [2.05, 4.69) is 21.9 Å². The Hall–Kier alpha value is -3.91. The van der Waals surface area contributed by atoms with Gasteiger partial charge in [0.15, 0.2) is 0 Å². The molecule has 0 radical (unpaired) electrons. The number of hydrogen-bond acceptors (Lipinski definition) is 4. The summed E-state index contributed by atoms with van der Waals surface area (Å²) in [5.41, 5.74) is 4.93. The van der Waals surface area contributed by atoms with Crippen LogP contribution in [0.3, 0.4) is 0 Å². The van der Waals surface area contributed by atoms with Crippen molar-refractivity contribution in [1.29, 1.82) is 0 Å². The molecule has 0 N–H and O–H groups in total. The second kappa shape index (κ2) is 10.8. The number of hydrogen-bond donors (Lipinski definition) is 0. The fraction of sp³-hybridized carbons (Fsp3) is 0.267. The number of nitrogens with zero attached hydrogens (tertiary/aromatic N) is 2. The van der Waals surface area contributed by atoms with Gasteiger partial charge in [0, 0.05) is 36.2 Å². The molecule has 8 heteroatoms. The summed E-state index contributed by atoms with van der Waals surface area (Å²) < 4.78 is 47.4. The number of pyridine rings is 1. The first-order chi connectivity index (χ1) is 18.3. The first-order valence-electron chi connectivity index (χ1n) is 12.4. The normalized spacial score (nSPS) is 16.3. The monoisotopic (exact) mass is 520 g/mol. The van der Waals surface area contributed by atoms with Gasteiger partial charge in [-0.25, -0.2) is 0 Å². The smallest absolute Gasteiger partial charge is 0.406 e. The van der Waals surface area contributed by atoms with Crippen molar-refractivity contribution in [1.82, 2.24) is 9.88 Å². The van der Waals surface area contributed by atoms with Crippen molar-refractivity contribution in [2.75, 3.05) is 26.3 Å². The molecule has 38 heavy (non-hydrogen) atoms. The molecule has 0 saturated carbocycles. The van der Waals surface area contributed by atoms with Gasteiger partial charge < -0.3 is 14.4 Å². The average Bonchev–Trinajstić information content (AvgIpc) is 3.14. The quantitative estimate of drug-likeness (QED) is 0.304. The molecule has 1 unspecified atom stereocenters. The van der Waals surface area contributed by atoms with Crippen LogP contribution >= 0.6 is 0 Å². The van der Waals surface area contributed by atoms with Gasteiger partial charge >= 0.3 is 6.36 Å². The standard InChI is InChI=1S/C30H27F3N2O3/c1-20-25(22-10-12-24(13-11-22)38-30(31,32)33)6-3-7-26(20)29(36)35-15-16-37-19-21(18-35)17-23-5-2-9-28-27(23)8-4-14-34-28/h2-14,21H,15-19H2,1H3. The maximum absolute atomic E-state index is 13.7. The van der Waals surface area contributed by atoms with Crippen molar-refractivity contribution >= 4 is 16.8 Å². The largest absolute Gasteiger partial charge is 0.573 e. The Bertz CT molecular complexity index is 1430. The lowest BCUT2D eigenvalue weighted by Crippen LogP contribution is -2.36. The Labute approximate surface area is 218 Å². The third-order valence-corrected chi connectivity index (χ3v) is 6.83. The number of amides is 1. The van der Waals surface area contributed by atoms with Gasteiger partial charge in [0.05, 0.1) is 18.7 Å². The molecule has 0 bridgehead atoms. The van der Waals surface area contributed by atoms with Crippen LogP contribution in [0.5, 0.6) is 5.75 Å². The first-order valence-corrected chi connectivity index (χ1v) is 12.4. The SMILES string of the molecule is Cc1c(C(=O)N2CCOCC(Cc3cccc4ncccc34)C2)cccc1-c1ccc(OC(F)(F)F)cc1. The van der Waals surface area contributed by atoms with Gasteiger partial charge in [-0.05, 0) is 65.9 Å². The molecular formula is C30H27F3N2O3. The highest BCUT2D eigenvalue weighted by molar-refractivity contribution is 5.97. The van der Waals surface area contributed by atoms with Crippen LogP contribution in [0.4, 0.5) is 13.2 Å². The van der Waals surface area contributed by atoms with Gasteiger partial charge in [-0.2, -0.15) is 0 Å². The molecule has 5 nitrogen and oxygen atoms in total. The number of benzene rings is 3. The molecule has 196 valence electrons. The van der Waals surface area contributed by atoms with E-state index in [1.54, 1.807) is 30.5 Å². The van der Waals surface area contributed by atoms with Crippen molar-refractivity contribution in [3.8, 4) is 16.9 Å². The topological polar surface area (TPSA) is 51.7 Å². The van der Waals surface area contributed by atoms with E-state index in [1.165, 1.54) is 17.7 Å². The zero-order chi connectivity index (χ0) is 26.7. The van der Waals surface area contributed by atoms with Crippen LogP contribution in [-0.4, -0.2) is 48.5 Å². The number of carbonyl (C=O) groups is 1. The Morgan fingerprint density at radius 3 is 2.63 bits per heavy atom. The summed E-state index contributed by atoms with van der Waals surface area (Å²) in [6, 6.07) is 21.2. The van der Waals surface area contributed by atoms with Crippen molar-refractivity contribution < 1.29 is 27.4 Å². The van der Waals surface area contributed by atoms with Crippen LogP contribution in [0.15, 0.2) is 79.0 Å². The predicted molar refractivity (Wildman–Crippen MR) is 139 cm³/mol. The predicted octanol–water partition coefficient (Wildman–Crippen LogP) is 6.44. The van der Waals surface area contributed by atoms with E-state index < -0.39 is 6.36 Å². The number of aromatic nitrogens is 1. The average molecular weight is 521 g/mol. The highest BCUT2D eigenvalue weighted by atomic mass is 19.4. The first kappa shape index (κ1) is 25.7. The highest BCUT2D eigenvalue weighted by Crippen LogP contribution is 2.30. The van der Waals surface area contributed by atoms with E-state index in [0.717, 1.165) is 28.5 Å². The molecule has 5 rings (SSSR count). The van der Waals surface area contributed by atoms with Crippen LogP contribution in [0.2, 0.25) is 0 Å². The Kier molecular flexibility index (Phi) is 7.33. The van der Waals surface area contributed by atoms with Crippen LogP contribution in [0, 0.1) is 12.8 Å². The van der Waals surface area contributed by atoms with E-state index in [4.69, 9.17) is 4.74 Å². The van der Waals surface area contributed by atoms with Crippen molar-refractivity contribution in [2.24, 2.45) is 5.92 Å². The Morgan fingerprint density at radius 2 is 1.84 bits per heavy atom. The number of rotatable bonds is 5. The van der Waals surface area contributed by atoms with E-state index in [0.29, 0.717) is 37.4 Å². The summed E-state index contributed by atoms with van der Waals surface area (Å²) in [6.07, 6.45) is -2.20. The number of alkyl halides is 3. The molecule has 1 aliphatic rings. The van der Waals surface area contributed by atoms with Gasteiger partial charge in [0.2, 0.25) is 0 Å². The molecule has 0 spiro atoms. The van der Waals surface area contributed by atoms with Crippen LogP contribution in [-0.2, 0) is 11.2 Å². The molecule has 2 heterocycles. The number of fused-ring (bicyclic) bond motifs is 1. The van der Waals surface area contributed by atoms with Crippen LogP contribution in [0.25, 0.3) is 22.0 Å². The molecule has 1 aromatic heterocycles. The van der Waals surface area contributed by atoms with E-state index in [-0.39, 0.29) is 17.6 Å². The summed E-state index contributed by atoms with van der Waals surface area (Å²) in [7, 11) is 0. The number of carbonyl (C=O) groups excluding carboxylic acids is 1. The van der Waals surface area contributed by atoms with Crippen molar-refractivity contribution in [2.45, 2.75) is 19.7 Å². The summed E-state index contributed by atoms with van der Waals surface area (Å²) >= 11 is 0. The maximum Gasteiger partial charge on any atom is 0.573 e. The van der Waals surface area contributed by atoms with Gasteiger partial charge in [-0.3, -0.25) is 9.78 Å². The summed E-state index contributed by atoms with van der Waals surface area (Å²) in [5, 5.41) is 1.10. The number of ether oxygens (including phenoxy) is 2. The van der Waals surface area contributed by atoms with E-state index >= 15 is 0 Å². The summed E-state index contributed by atoms with van der Waals surface area (Å²) in [5.74, 6) is -0.253. The van der Waals surface area contributed by atoms with Crippen molar-refractivity contribution in [3.05, 3.63) is 95.7 Å². The molecule has 1 saturated heterocycles. The van der Waals surface area contributed by atoms with Crippen molar-refractivity contribution in [3.63, 3.8) is 0 Å². The fourth-order valence-corrected chi connectivity index (χ4v) is 5.03. The molecule has 1 amide bonds. The second-order valence-corrected chi connectivity index (χ2v) is 9.43. The zero-order valence-electron chi connectivity index (χ0n) is 20.9. The van der Waals surface area contributed by atoms with E-state index in [1.807, 2.05) is 36.1 Å². The van der Waals surface area contributed by atoms with E-state index in [9.17, 15) is 18.0 Å². The molecule has 1 aliphatic heterocycles. The third kappa shape index (κ3) is 5.81. The van der Waals surface area contributed by atoms with Gasteiger partial charge in [-0.1, -0.05) is 42.5 Å². The molecule has 0 aliphatic carbocycles. The van der Waals surface area contributed by atoms with Gasteiger partial charge in [-0.15, -0.1) is 13.2 Å². The lowest BCUT2D eigenvalue weighted by Gasteiger charge is -2.25. The molecular weight excluding hydrogens is 493 g/mol. The fourth-order valence-electron chi connectivity index (χ4n) is 5.03. The lowest BCUT2D eigenvalue weighted by atomic mass is 9.94. The molecule has 1 atom stereocenters. The second-order valence-electron chi connectivity index (χ2n) is 9.43. The maximum atomic E-state index is 13.7. The van der Waals surface area contributed by atoms with Crippen LogP contribution < -0.4 is 4.74 Å². The minimum Gasteiger partial charge on any atom is -0.406 e. The Balaban J connectivity index is 1.35. The molecule has 1 fully saturated rings. The molecule has 4 aromatic rings. The van der Waals surface area contributed by atoms with Gasteiger partial charge in [0.1, 0.15) is 5.75 Å². The Morgan fingerprint density at radius 1 is 1.05 bits per heavy atom. The highest BCUT2D eigenvalue weighted by Gasteiger charge is 2.31. The summed E-state index contributed by atoms with van der Waals surface area (Å²) in [6.45, 7) is 3.92. The summed E-state index contributed by atoms with van der Waals surface area (Å²) in [4.78, 5) is 20.0. The van der Waals surface area contributed by atoms with Gasteiger partial charge in [0.25, 0.3) is 5.91 Å².